The maximum atomic E-state index is 3.51. The number of benzene rings is 1. The van der Waals surface area contributed by atoms with E-state index in [1.54, 1.807) is 0 Å². The van der Waals surface area contributed by atoms with Crippen LogP contribution in [-0.2, 0) is 6.42 Å². The summed E-state index contributed by atoms with van der Waals surface area (Å²) >= 11 is 0. The lowest BCUT2D eigenvalue weighted by Crippen LogP contribution is -2.45. The number of rotatable bonds is 6. The van der Waals surface area contributed by atoms with Gasteiger partial charge in [0.05, 0.1) is 0 Å². The van der Waals surface area contributed by atoms with E-state index in [1.807, 2.05) is 0 Å². The Bertz CT molecular complexity index is 412. The SMILES string of the molecule is CCCc1ccc(C(CN2CCCC(C)C2C)NC)cc1. The van der Waals surface area contributed by atoms with Crippen molar-refractivity contribution >= 4 is 0 Å². The van der Waals surface area contributed by atoms with Crippen molar-refractivity contribution in [2.24, 2.45) is 5.92 Å². The fourth-order valence-electron chi connectivity index (χ4n) is 3.48. The van der Waals surface area contributed by atoms with Gasteiger partial charge in [0, 0.05) is 18.6 Å². The van der Waals surface area contributed by atoms with Crippen LogP contribution in [0.15, 0.2) is 24.3 Å². The van der Waals surface area contributed by atoms with E-state index >= 15 is 0 Å². The molecule has 0 saturated carbocycles. The molecule has 2 rings (SSSR count). The number of likely N-dealkylation sites (N-methyl/N-ethyl adjacent to an activating group) is 1. The maximum Gasteiger partial charge on any atom is 0.0446 e. The topological polar surface area (TPSA) is 15.3 Å². The second kappa shape index (κ2) is 7.95. The molecule has 1 aliphatic rings. The molecule has 3 atom stereocenters. The van der Waals surface area contributed by atoms with Crippen molar-refractivity contribution in [2.45, 2.75) is 58.5 Å². The van der Waals surface area contributed by atoms with E-state index in [2.05, 4.69) is 62.3 Å². The Balaban J connectivity index is 2.01. The number of likely N-dealkylation sites (tertiary alicyclic amines) is 1. The molecule has 118 valence electrons. The average Bonchev–Trinajstić information content (AvgIpc) is 2.50. The normalized spacial score (nSPS) is 25.0. The molecule has 2 heteroatoms. The van der Waals surface area contributed by atoms with Gasteiger partial charge in [0.25, 0.3) is 0 Å². The lowest BCUT2D eigenvalue weighted by Gasteiger charge is -2.39. The maximum absolute atomic E-state index is 3.51. The summed E-state index contributed by atoms with van der Waals surface area (Å²) in [5.74, 6) is 0.822. The first-order valence-electron chi connectivity index (χ1n) is 8.65. The minimum atomic E-state index is 0.438. The van der Waals surface area contributed by atoms with Crippen molar-refractivity contribution in [3.63, 3.8) is 0 Å². The smallest absolute Gasteiger partial charge is 0.0446 e. The fourth-order valence-corrected chi connectivity index (χ4v) is 3.48. The van der Waals surface area contributed by atoms with Crippen LogP contribution >= 0.6 is 0 Å². The van der Waals surface area contributed by atoms with Crippen LogP contribution in [0.2, 0.25) is 0 Å². The monoisotopic (exact) mass is 288 g/mol. The first kappa shape index (κ1) is 16.5. The highest BCUT2D eigenvalue weighted by Crippen LogP contribution is 2.25. The molecule has 0 radical (unpaired) electrons. The van der Waals surface area contributed by atoms with E-state index in [-0.39, 0.29) is 0 Å². The van der Waals surface area contributed by atoms with E-state index in [1.165, 1.54) is 43.4 Å². The van der Waals surface area contributed by atoms with Gasteiger partial charge in [0.1, 0.15) is 0 Å². The highest BCUT2D eigenvalue weighted by Gasteiger charge is 2.26. The van der Waals surface area contributed by atoms with Gasteiger partial charge >= 0.3 is 0 Å². The van der Waals surface area contributed by atoms with E-state index in [4.69, 9.17) is 0 Å². The van der Waals surface area contributed by atoms with E-state index in [0.717, 1.165) is 12.5 Å². The second-order valence-corrected chi connectivity index (χ2v) is 6.69. The van der Waals surface area contributed by atoms with Crippen LogP contribution < -0.4 is 5.32 Å². The van der Waals surface area contributed by atoms with Gasteiger partial charge in [-0.05, 0) is 56.8 Å². The largest absolute Gasteiger partial charge is 0.312 e. The summed E-state index contributed by atoms with van der Waals surface area (Å²) in [7, 11) is 2.09. The Kier molecular flexibility index (Phi) is 6.25. The van der Waals surface area contributed by atoms with Crippen molar-refractivity contribution in [3.05, 3.63) is 35.4 Å². The molecule has 1 aliphatic heterocycles. The number of aryl methyl sites for hydroxylation is 1. The lowest BCUT2D eigenvalue weighted by molar-refractivity contribution is 0.103. The van der Waals surface area contributed by atoms with Crippen molar-refractivity contribution in [1.82, 2.24) is 10.2 Å². The predicted octanol–water partition coefficient (Wildman–Crippen LogP) is 4.02. The van der Waals surface area contributed by atoms with Gasteiger partial charge in [-0.15, -0.1) is 0 Å². The Labute approximate surface area is 130 Å². The number of hydrogen-bond acceptors (Lipinski definition) is 2. The van der Waals surface area contributed by atoms with Gasteiger partial charge in [0.15, 0.2) is 0 Å². The molecule has 0 amide bonds. The molecular formula is C19H32N2. The summed E-state index contributed by atoms with van der Waals surface area (Å²) in [5, 5.41) is 3.51. The quantitative estimate of drug-likeness (QED) is 0.850. The molecule has 0 bridgehead atoms. The van der Waals surface area contributed by atoms with Crippen LogP contribution in [0.4, 0.5) is 0 Å². The Morgan fingerprint density at radius 2 is 1.95 bits per heavy atom. The van der Waals surface area contributed by atoms with Gasteiger partial charge in [0.2, 0.25) is 0 Å². The van der Waals surface area contributed by atoms with Crippen molar-refractivity contribution in [1.29, 1.82) is 0 Å². The molecule has 0 spiro atoms. The Hall–Kier alpha value is -0.860. The van der Waals surface area contributed by atoms with Crippen LogP contribution in [0, 0.1) is 5.92 Å². The summed E-state index contributed by atoms with van der Waals surface area (Å²) in [6, 6.07) is 10.4. The zero-order chi connectivity index (χ0) is 15.2. The van der Waals surface area contributed by atoms with Crippen molar-refractivity contribution in [3.8, 4) is 0 Å². The van der Waals surface area contributed by atoms with Gasteiger partial charge in [-0.3, -0.25) is 4.90 Å². The zero-order valence-corrected chi connectivity index (χ0v) is 14.2. The van der Waals surface area contributed by atoms with Crippen molar-refractivity contribution in [2.75, 3.05) is 20.1 Å². The second-order valence-electron chi connectivity index (χ2n) is 6.69. The van der Waals surface area contributed by atoms with Crippen LogP contribution in [0.5, 0.6) is 0 Å². The van der Waals surface area contributed by atoms with Crippen LogP contribution in [0.3, 0.4) is 0 Å². The molecule has 1 aromatic rings. The molecule has 0 aliphatic carbocycles. The predicted molar refractivity (Wildman–Crippen MR) is 91.7 cm³/mol. The molecular weight excluding hydrogens is 256 g/mol. The minimum absolute atomic E-state index is 0.438. The summed E-state index contributed by atoms with van der Waals surface area (Å²) in [6.45, 7) is 9.39. The molecule has 3 unspecified atom stereocenters. The molecule has 1 fully saturated rings. The zero-order valence-electron chi connectivity index (χ0n) is 14.2. The summed E-state index contributed by atoms with van der Waals surface area (Å²) in [6.07, 6.45) is 5.13. The van der Waals surface area contributed by atoms with Gasteiger partial charge in [-0.25, -0.2) is 0 Å². The number of piperidine rings is 1. The third-order valence-electron chi connectivity index (χ3n) is 5.19. The molecule has 1 aromatic carbocycles. The van der Waals surface area contributed by atoms with E-state index in [9.17, 15) is 0 Å². The van der Waals surface area contributed by atoms with Gasteiger partial charge < -0.3 is 5.32 Å². The molecule has 1 saturated heterocycles. The molecule has 1 N–H and O–H groups in total. The van der Waals surface area contributed by atoms with E-state index in [0.29, 0.717) is 12.1 Å². The first-order valence-corrected chi connectivity index (χ1v) is 8.65. The third-order valence-corrected chi connectivity index (χ3v) is 5.19. The average molecular weight is 288 g/mol. The fraction of sp³-hybridized carbons (Fsp3) is 0.684. The Morgan fingerprint density at radius 3 is 2.57 bits per heavy atom. The highest BCUT2D eigenvalue weighted by atomic mass is 15.2. The summed E-state index contributed by atoms with van der Waals surface area (Å²) in [4.78, 5) is 2.66. The van der Waals surface area contributed by atoms with Crippen LogP contribution in [0.1, 0.15) is 57.2 Å². The molecule has 0 aromatic heterocycles. The first-order chi connectivity index (χ1) is 10.2. The highest BCUT2D eigenvalue weighted by molar-refractivity contribution is 5.25. The van der Waals surface area contributed by atoms with Crippen molar-refractivity contribution < 1.29 is 0 Å². The standard InChI is InChI=1S/C19H32N2/c1-5-7-17-9-11-18(12-10-17)19(20-4)14-21-13-6-8-15(2)16(21)3/h9-12,15-16,19-20H,5-8,13-14H2,1-4H3. The molecule has 2 nitrogen and oxygen atoms in total. The molecule has 21 heavy (non-hydrogen) atoms. The Morgan fingerprint density at radius 1 is 1.24 bits per heavy atom. The number of hydrogen-bond donors (Lipinski definition) is 1. The minimum Gasteiger partial charge on any atom is -0.312 e. The third kappa shape index (κ3) is 4.31. The summed E-state index contributed by atoms with van der Waals surface area (Å²) < 4.78 is 0. The van der Waals surface area contributed by atoms with Crippen LogP contribution in [0.25, 0.3) is 0 Å². The summed E-state index contributed by atoms with van der Waals surface area (Å²) in [5.41, 5.74) is 2.87. The number of nitrogens with one attached hydrogen (secondary N) is 1. The molecule has 1 heterocycles. The van der Waals surface area contributed by atoms with Crippen LogP contribution in [-0.4, -0.2) is 31.1 Å². The number of nitrogens with zero attached hydrogens (tertiary/aromatic N) is 1. The van der Waals surface area contributed by atoms with Gasteiger partial charge in [-0.2, -0.15) is 0 Å². The van der Waals surface area contributed by atoms with E-state index < -0.39 is 0 Å². The van der Waals surface area contributed by atoms with Gasteiger partial charge in [-0.1, -0.05) is 44.5 Å². The lowest BCUT2D eigenvalue weighted by atomic mass is 9.91.